The maximum Gasteiger partial charge on any atom is 0.0239 e. The number of benzene rings is 1. The van der Waals surface area contributed by atoms with E-state index in [1.54, 1.807) is 5.56 Å². The van der Waals surface area contributed by atoms with Crippen molar-refractivity contribution in [3.05, 3.63) is 35.4 Å². The first-order chi connectivity index (χ1) is 7.16. The smallest absolute Gasteiger partial charge is 0.0239 e. The number of hydrogen-bond donors (Lipinski definition) is 0. The highest BCUT2D eigenvalue weighted by molar-refractivity contribution is 5.28. The molecule has 2 rings (SSSR count). The molecule has 1 nitrogen and oxygen atoms in total. The summed E-state index contributed by atoms with van der Waals surface area (Å²) in [6.07, 6.45) is 1.24. The van der Waals surface area contributed by atoms with E-state index in [-0.39, 0.29) is 0 Å². The minimum absolute atomic E-state index is 0.651. The molecular formula is C14H21N. The van der Waals surface area contributed by atoms with Gasteiger partial charge in [-0.1, -0.05) is 31.2 Å². The third-order valence-corrected chi connectivity index (χ3v) is 3.34. The van der Waals surface area contributed by atoms with Crippen molar-refractivity contribution in [1.82, 2.24) is 4.90 Å². The first-order valence-corrected chi connectivity index (χ1v) is 5.97. The molecule has 1 unspecified atom stereocenters. The second-order valence-corrected chi connectivity index (χ2v) is 5.10. The van der Waals surface area contributed by atoms with Gasteiger partial charge in [0.25, 0.3) is 0 Å². The third kappa shape index (κ3) is 2.40. The van der Waals surface area contributed by atoms with Crippen molar-refractivity contribution in [3.63, 3.8) is 0 Å². The largest absolute Gasteiger partial charge is 0.296 e. The summed E-state index contributed by atoms with van der Waals surface area (Å²) in [6.45, 7) is 9.29. The van der Waals surface area contributed by atoms with Crippen molar-refractivity contribution in [3.8, 4) is 0 Å². The van der Waals surface area contributed by atoms with Crippen LogP contribution < -0.4 is 0 Å². The molecule has 1 heterocycles. The Bertz CT molecular complexity index is 330. The van der Waals surface area contributed by atoms with E-state index in [1.807, 2.05) is 0 Å². The molecule has 0 amide bonds. The highest BCUT2D eigenvalue weighted by atomic mass is 15.1. The zero-order valence-electron chi connectivity index (χ0n) is 10.0. The summed E-state index contributed by atoms with van der Waals surface area (Å²) in [5.41, 5.74) is 3.07. The lowest BCUT2D eigenvalue weighted by atomic mass is 9.99. The SMILES string of the molecule is CC1Cc2ccccc2CN(C(C)C)C1. The van der Waals surface area contributed by atoms with Gasteiger partial charge in [-0.2, -0.15) is 0 Å². The molecule has 15 heavy (non-hydrogen) atoms. The zero-order valence-corrected chi connectivity index (χ0v) is 10.0. The molecule has 0 spiro atoms. The van der Waals surface area contributed by atoms with Crippen LogP contribution in [-0.4, -0.2) is 17.5 Å². The Labute approximate surface area is 93.1 Å². The van der Waals surface area contributed by atoms with Crippen LogP contribution in [0.2, 0.25) is 0 Å². The highest BCUT2D eigenvalue weighted by Gasteiger charge is 2.20. The molecule has 0 aliphatic carbocycles. The number of rotatable bonds is 1. The summed E-state index contributed by atoms with van der Waals surface area (Å²) >= 11 is 0. The average Bonchev–Trinajstić information content (AvgIpc) is 2.35. The molecule has 1 aliphatic heterocycles. The van der Waals surface area contributed by atoms with E-state index < -0.39 is 0 Å². The topological polar surface area (TPSA) is 3.24 Å². The van der Waals surface area contributed by atoms with Crippen LogP contribution in [0.5, 0.6) is 0 Å². The maximum atomic E-state index is 2.58. The van der Waals surface area contributed by atoms with Gasteiger partial charge in [-0.3, -0.25) is 4.90 Å². The van der Waals surface area contributed by atoms with Crippen molar-refractivity contribution < 1.29 is 0 Å². The first-order valence-electron chi connectivity index (χ1n) is 5.97. The van der Waals surface area contributed by atoms with Crippen LogP contribution in [0.1, 0.15) is 31.9 Å². The summed E-state index contributed by atoms with van der Waals surface area (Å²) < 4.78 is 0. The van der Waals surface area contributed by atoms with Crippen molar-refractivity contribution in [2.75, 3.05) is 6.54 Å². The van der Waals surface area contributed by atoms with Gasteiger partial charge in [0.2, 0.25) is 0 Å². The Kier molecular flexibility index (Phi) is 3.11. The van der Waals surface area contributed by atoms with Gasteiger partial charge < -0.3 is 0 Å². The molecule has 0 bridgehead atoms. The summed E-state index contributed by atoms with van der Waals surface area (Å²) in [7, 11) is 0. The summed E-state index contributed by atoms with van der Waals surface area (Å²) in [6, 6.07) is 9.54. The Morgan fingerprint density at radius 1 is 1.20 bits per heavy atom. The standard InChI is InChI=1S/C14H21N/c1-11(2)15-9-12(3)8-13-6-4-5-7-14(13)10-15/h4-7,11-12H,8-10H2,1-3H3. The number of hydrogen-bond acceptors (Lipinski definition) is 1. The second-order valence-electron chi connectivity index (χ2n) is 5.10. The van der Waals surface area contributed by atoms with Gasteiger partial charge in [0.1, 0.15) is 0 Å². The van der Waals surface area contributed by atoms with E-state index in [2.05, 4.69) is 49.9 Å². The minimum Gasteiger partial charge on any atom is -0.296 e. The average molecular weight is 203 g/mol. The molecule has 0 radical (unpaired) electrons. The molecule has 1 aliphatic rings. The quantitative estimate of drug-likeness (QED) is 0.678. The van der Waals surface area contributed by atoms with Gasteiger partial charge in [-0.15, -0.1) is 0 Å². The lowest BCUT2D eigenvalue weighted by Gasteiger charge is -2.26. The van der Waals surface area contributed by atoms with Gasteiger partial charge in [-0.05, 0) is 37.3 Å². The van der Waals surface area contributed by atoms with Gasteiger partial charge in [0, 0.05) is 19.1 Å². The van der Waals surface area contributed by atoms with E-state index in [9.17, 15) is 0 Å². The van der Waals surface area contributed by atoms with Crippen LogP contribution in [0.25, 0.3) is 0 Å². The van der Waals surface area contributed by atoms with Crippen molar-refractivity contribution in [1.29, 1.82) is 0 Å². The van der Waals surface area contributed by atoms with Crippen LogP contribution in [0.15, 0.2) is 24.3 Å². The molecule has 0 saturated heterocycles. The van der Waals surface area contributed by atoms with E-state index in [0.29, 0.717) is 6.04 Å². The molecule has 1 atom stereocenters. The minimum atomic E-state index is 0.651. The Balaban J connectivity index is 2.27. The maximum absolute atomic E-state index is 2.58. The van der Waals surface area contributed by atoms with Crippen LogP contribution in [-0.2, 0) is 13.0 Å². The summed E-state index contributed by atoms with van der Waals surface area (Å²) in [4.78, 5) is 2.58. The monoisotopic (exact) mass is 203 g/mol. The fourth-order valence-corrected chi connectivity index (χ4v) is 2.43. The fourth-order valence-electron chi connectivity index (χ4n) is 2.43. The Hall–Kier alpha value is -0.820. The zero-order chi connectivity index (χ0) is 10.8. The van der Waals surface area contributed by atoms with Crippen LogP contribution in [0, 0.1) is 5.92 Å². The van der Waals surface area contributed by atoms with Gasteiger partial charge in [-0.25, -0.2) is 0 Å². The van der Waals surface area contributed by atoms with E-state index >= 15 is 0 Å². The van der Waals surface area contributed by atoms with E-state index in [1.165, 1.54) is 18.5 Å². The highest BCUT2D eigenvalue weighted by Crippen LogP contribution is 2.22. The summed E-state index contributed by atoms with van der Waals surface area (Å²) in [5.74, 6) is 0.774. The fraction of sp³-hybridized carbons (Fsp3) is 0.571. The molecule has 0 N–H and O–H groups in total. The molecule has 0 aromatic heterocycles. The third-order valence-electron chi connectivity index (χ3n) is 3.34. The molecule has 0 fully saturated rings. The lowest BCUT2D eigenvalue weighted by Crippen LogP contribution is -2.32. The number of fused-ring (bicyclic) bond motifs is 1. The Morgan fingerprint density at radius 2 is 1.87 bits per heavy atom. The molecule has 1 heteroatoms. The molecule has 82 valence electrons. The van der Waals surface area contributed by atoms with E-state index in [4.69, 9.17) is 0 Å². The predicted octanol–water partition coefficient (Wildman–Crippen LogP) is 3.09. The van der Waals surface area contributed by atoms with Crippen molar-refractivity contribution in [2.45, 2.75) is 39.8 Å². The second kappa shape index (κ2) is 4.36. The van der Waals surface area contributed by atoms with Gasteiger partial charge in [0.05, 0.1) is 0 Å². The normalized spacial score (nSPS) is 22.5. The molecule has 1 aromatic carbocycles. The van der Waals surface area contributed by atoms with Crippen molar-refractivity contribution in [2.24, 2.45) is 5.92 Å². The van der Waals surface area contributed by atoms with Gasteiger partial charge in [0.15, 0.2) is 0 Å². The Morgan fingerprint density at radius 3 is 2.53 bits per heavy atom. The molecule has 0 saturated carbocycles. The molecule has 1 aromatic rings. The van der Waals surface area contributed by atoms with Crippen LogP contribution in [0.4, 0.5) is 0 Å². The lowest BCUT2D eigenvalue weighted by molar-refractivity contribution is 0.191. The van der Waals surface area contributed by atoms with Crippen molar-refractivity contribution >= 4 is 0 Å². The molecular weight excluding hydrogens is 182 g/mol. The predicted molar refractivity (Wildman–Crippen MR) is 64.9 cm³/mol. The van der Waals surface area contributed by atoms with Crippen LogP contribution >= 0.6 is 0 Å². The first kappa shape index (κ1) is 10.7. The van der Waals surface area contributed by atoms with Crippen LogP contribution in [0.3, 0.4) is 0 Å². The summed E-state index contributed by atoms with van der Waals surface area (Å²) in [5, 5.41) is 0. The van der Waals surface area contributed by atoms with E-state index in [0.717, 1.165) is 12.5 Å². The number of nitrogens with zero attached hydrogens (tertiary/aromatic N) is 1. The van der Waals surface area contributed by atoms with Gasteiger partial charge >= 0.3 is 0 Å².